The van der Waals surface area contributed by atoms with Crippen LogP contribution in [0.3, 0.4) is 0 Å². The van der Waals surface area contributed by atoms with Gasteiger partial charge in [-0.15, -0.1) is 6.58 Å². The second kappa shape index (κ2) is 5.33. The number of nitrogens with two attached hydrogens (primary N) is 1. The lowest BCUT2D eigenvalue weighted by molar-refractivity contribution is 0.122. The van der Waals surface area contributed by atoms with Crippen LogP contribution in [-0.4, -0.2) is 17.3 Å². The highest BCUT2D eigenvalue weighted by Gasteiger charge is 2.18. The third-order valence-corrected chi connectivity index (χ3v) is 2.15. The van der Waals surface area contributed by atoms with E-state index in [9.17, 15) is 5.11 Å². The number of hydrogen-bond acceptors (Lipinski definition) is 2. The summed E-state index contributed by atoms with van der Waals surface area (Å²) in [5.41, 5.74) is 5.76. The van der Waals surface area contributed by atoms with Gasteiger partial charge in [0.15, 0.2) is 0 Å². The molecule has 2 heteroatoms. The Kier molecular flexibility index (Phi) is 5.16. The minimum absolute atomic E-state index is 0.113. The van der Waals surface area contributed by atoms with E-state index in [1.807, 2.05) is 0 Å². The van der Waals surface area contributed by atoms with Crippen molar-refractivity contribution in [2.75, 3.05) is 0 Å². The molecule has 0 spiro atoms. The Hall–Kier alpha value is -0.340. The Labute approximate surface area is 69.1 Å². The molecule has 0 aliphatic rings. The third kappa shape index (κ3) is 3.54. The first kappa shape index (κ1) is 10.7. The average molecular weight is 157 g/mol. The van der Waals surface area contributed by atoms with E-state index in [0.29, 0.717) is 12.3 Å². The minimum atomic E-state index is -0.428. The predicted molar refractivity (Wildman–Crippen MR) is 48.3 cm³/mol. The normalized spacial score (nSPS) is 18.9. The lowest BCUT2D eigenvalue weighted by Gasteiger charge is -2.22. The summed E-state index contributed by atoms with van der Waals surface area (Å²) in [5.74, 6) is 0.380. The van der Waals surface area contributed by atoms with Gasteiger partial charge in [-0.1, -0.05) is 26.3 Å². The first-order valence-electron chi connectivity index (χ1n) is 4.18. The van der Waals surface area contributed by atoms with Crippen molar-refractivity contribution in [2.45, 2.75) is 38.8 Å². The molecule has 0 aliphatic carbocycles. The van der Waals surface area contributed by atoms with Gasteiger partial charge in [-0.25, -0.2) is 0 Å². The van der Waals surface area contributed by atoms with Crippen molar-refractivity contribution in [1.82, 2.24) is 0 Å². The van der Waals surface area contributed by atoms with E-state index in [4.69, 9.17) is 5.73 Å². The molecule has 0 heterocycles. The van der Waals surface area contributed by atoms with Gasteiger partial charge in [-0.3, -0.25) is 0 Å². The van der Waals surface area contributed by atoms with E-state index in [1.165, 1.54) is 0 Å². The smallest absolute Gasteiger partial charge is 0.0727 e. The van der Waals surface area contributed by atoms with Crippen LogP contribution < -0.4 is 5.73 Å². The molecule has 0 aromatic rings. The maximum Gasteiger partial charge on any atom is 0.0727 e. The first-order chi connectivity index (χ1) is 5.13. The Balaban J connectivity index is 3.79. The maximum atomic E-state index is 9.42. The molecular formula is C9H19NO. The first-order valence-corrected chi connectivity index (χ1v) is 4.18. The Morgan fingerprint density at radius 3 is 2.55 bits per heavy atom. The van der Waals surface area contributed by atoms with Crippen LogP contribution in [0.4, 0.5) is 0 Å². The van der Waals surface area contributed by atoms with Crippen LogP contribution in [0.5, 0.6) is 0 Å². The molecule has 0 fully saturated rings. The molecule has 0 amide bonds. The van der Waals surface area contributed by atoms with Crippen LogP contribution in [0.2, 0.25) is 0 Å². The fourth-order valence-corrected chi connectivity index (χ4v) is 0.979. The van der Waals surface area contributed by atoms with E-state index in [0.717, 1.165) is 6.42 Å². The van der Waals surface area contributed by atoms with Crippen LogP contribution in [0, 0.1) is 5.92 Å². The molecule has 0 saturated heterocycles. The van der Waals surface area contributed by atoms with Gasteiger partial charge in [0.05, 0.1) is 6.10 Å². The summed E-state index contributed by atoms with van der Waals surface area (Å²) in [6.45, 7) is 7.68. The molecule has 0 aromatic heterocycles. The lowest BCUT2D eigenvalue weighted by atomic mass is 9.94. The summed E-state index contributed by atoms with van der Waals surface area (Å²) >= 11 is 0. The Bertz CT molecular complexity index is 114. The van der Waals surface area contributed by atoms with Crippen LogP contribution in [-0.2, 0) is 0 Å². The predicted octanol–water partition coefficient (Wildman–Crippen LogP) is 1.30. The minimum Gasteiger partial charge on any atom is -0.391 e. The van der Waals surface area contributed by atoms with Gasteiger partial charge in [-0.2, -0.15) is 0 Å². The van der Waals surface area contributed by atoms with Crippen LogP contribution >= 0.6 is 0 Å². The maximum absolute atomic E-state index is 9.42. The SMILES string of the molecule is C=CC[C@H](O)[C@@H](N)[C@@H](C)CC. The van der Waals surface area contributed by atoms with E-state index >= 15 is 0 Å². The molecule has 0 aromatic carbocycles. The van der Waals surface area contributed by atoms with Crippen molar-refractivity contribution < 1.29 is 5.11 Å². The second-order valence-electron chi connectivity index (χ2n) is 3.05. The zero-order valence-corrected chi connectivity index (χ0v) is 7.46. The standard InChI is InChI=1S/C9H19NO/c1-4-6-8(11)9(10)7(3)5-2/h4,7-9,11H,1,5-6,10H2,2-3H3/t7-,8-,9-/m0/s1. The highest BCUT2D eigenvalue weighted by molar-refractivity contribution is 4.82. The zero-order valence-electron chi connectivity index (χ0n) is 7.46. The molecule has 66 valence electrons. The molecule has 3 N–H and O–H groups in total. The molecule has 0 aliphatic heterocycles. The zero-order chi connectivity index (χ0) is 8.85. The summed E-state index contributed by atoms with van der Waals surface area (Å²) in [6.07, 6.45) is 2.87. The molecule has 0 radical (unpaired) electrons. The van der Waals surface area contributed by atoms with Gasteiger partial charge in [0.1, 0.15) is 0 Å². The van der Waals surface area contributed by atoms with E-state index in [-0.39, 0.29) is 6.04 Å². The van der Waals surface area contributed by atoms with Gasteiger partial charge < -0.3 is 10.8 Å². The fourth-order valence-electron chi connectivity index (χ4n) is 0.979. The number of aliphatic hydroxyl groups is 1. The van der Waals surface area contributed by atoms with Gasteiger partial charge in [0.2, 0.25) is 0 Å². The van der Waals surface area contributed by atoms with Crippen LogP contribution in [0.1, 0.15) is 26.7 Å². The molecule has 3 atom stereocenters. The summed E-state index contributed by atoms with van der Waals surface area (Å²) in [5, 5.41) is 9.42. The van der Waals surface area contributed by atoms with Crippen molar-refractivity contribution >= 4 is 0 Å². The van der Waals surface area contributed by atoms with Gasteiger partial charge in [0, 0.05) is 6.04 Å². The van der Waals surface area contributed by atoms with Gasteiger partial charge in [-0.05, 0) is 12.3 Å². The summed E-state index contributed by atoms with van der Waals surface area (Å²) < 4.78 is 0. The molecule has 0 bridgehead atoms. The van der Waals surface area contributed by atoms with Crippen molar-refractivity contribution in [3.63, 3.8) is 0 Å². The highest BCUT2D eigenvalue weighted by Crippen LogP contribution is 2.11. The molecular weight excluding hydrogens is 138 g/mol. The van der Waals surface area contributed by atoms with Crippen molar-refractivity contribution in [2.24, 2.45) is 11.7 Å². The number of hydrogen-bond donors (Lipinski definition) is 2. The third-order valence-electron chi connectivity index (χ3n) is 2.15. The summed E-state index contributed by atoms with van der Waals surface area (Å²) in [7, 11) is 0. The topological polar surface area (TPSA) is 46.2 Å². The quantitative estimate of drug-likeness (QED) is 0.591. The molecule has 0 saturated carbocycles. The monoisotopic (exact) mass is 157 g/mol. The second-order valence-corrected chi connectivity index (χ2v) is 3.05. The van der Waals surface area contributed by atoms with E-state index in [2.05, 4.69) is 20.4 Å². The van der Waals surface area contributed by atoms with Crippen LogP contribution in [0.25, 0.3) is 0 Å². The number of aliphatic hydroxyl groups excluding tert-OH is 1. The van der Waals surface area contributed by atoms with Gasteiger partial charge in [0.25, 0.3) is 0 Å². The molecule has 0 unspecified atom stereocenters. The Morgan fingerprint density at radius 1 is 1.64 bits per heavy atom. The molecule has 0 rings (SSSR count). The Morgan fingerprint density at radius 2 is 2.18 bits per heavy atom. The van der Waals surface area contributed by atoms with Crippen LogP contribution in [0.15, 0.2) is 12.7 Å². The van der Waals surface area contributed by atoms with Crippen molar-refractivity contribution in [3.8, 4) is 0 Å². The average Bonchev–Trinajstić information content (AvgIpc) is 2.02. The lowest BCUT2D eigenvalue weighted by Crippen LogP contribution is -2.39. The van der Waals surface area contributed by atoms with E-state index < -0.39 is 6.10 Å². The fraction of sp³-hybridized carbons (Fsp3) is 0.778. The number of rotatable bonds is 5. The summed E-state index contributed by atoms with van der Waals surface area (Å²) in [6, 6.07) is -0.113. The van der Waals surface area contributed by atoms with Crippen molar-refractivity contribution in [3.05, 3.63) is 12.7 Å². The molecule has 2 nitrogen and oxygen atoms in total. The largest absolute Gasteiger partial charge is 0.391 e. The van der Waals surface area contributed by atoms with Gasteiger partial charge >= 0.3 is 0 Å². The highest BCUT2D eigenvalue weighted by atomic mass is 16.3. The van der Waals surface area contributed by atoms with Crippen molar-refractivity contribution in [1.29, 1.82) is 0 Å². The molecule has 11 heavy (non-hydrogen) atoms. The summed E-state index contributed by atoms with van der Waals surface area (Å²) in [4.78, 5) is 0. The van der Waals surface area contributed by atoms with E-state index in [1.54, 1.807) is 6.08 Å².